The first-order valence-electron chi connectivity index (χ1n) is 9.94. The van der Waals surface area contributed by atoms with E-state index in [1.807, 2.05) is 82.3 Å². The summed E-state index contributed by atoms with van der Waals surface area (Å²) in [5.41, 5.74) is 1.94. The molecule has 7 heteroatoms. The Morgan fingerprint density at radius 3 is 2.20 bits per heavy atom. The molecule has 0 heterocycles. The monoisotopic (exact) mass is 524 g/mol. The zero-order valence-electron chi connectivity index (χ0n) is 18.2. The van der Waals surface area contributed by atoms with Crippen LogP contribution in [-0.2, 0) is 17.9 Å². The minimum absolute atomic E-state index is 0. The van der Waals surface area contributed by atoms with Gasteiger partial charge >= 0.3 is 0 Å². The number of benzene rings is 2. The molecule has 0 aliphatic carbocycles. The maximum absolute atomic E-state index is 12.0. The van der Waals surface area contributed by atoms with E-state index < -0.39 is 0 Å². The third-order valence-electron chi connectivity index (χ3n) is 3.87. The quantitative estimate of drug-likeness (QED) is 0.279. The number of nitrogens with one attached hydrogen (secondary N) is 3. The van der Waals surface area contributed by atoms with Crippen LogP contribution in [0, 0.1) is 0 Å². The molecule has 2 aromatic carbocycles. The molecule has 164 valence electrons. The highest BCUT2D eigenvalue weighted by Crippen LogP contribution is 2.12. The van der Waals surface area contributed by atoms with Crippen molar-refractivity contribution in [2.75, 3.05) is 13.1 Å². The van der Waals surface area contributed by atoms with Crippen molar-refractivity contribution >= 4 is 35.8 Å². The van der Waals surface area contributed by atoms with E-state index in [0.29, 0.717) is 19.1 Å². The summed E-state index contributed by atoms with van der Waals surface area (Å²) in [5.74, 6) is 1.41. The Labute approximate surface area is 196 Å². The maximum Gasteiger partial charge on any atom is 0.239 e. The number of carbonyl (C=O) groups is 1. The lowest BCUT2D eigenvalue weighted by Crippen LogP contribution is -2.48. The molecule has 0 saturated heterocycles. The topological polar surface area (TPSA) is 74.8 Å². The summed E-state index contributed by atoms with van der Waals surface area (Å²) >= 11 is 0. The lowest BCUT2D eigenvalue weighted by atomic mass is 10.1. The van der Waals surface area contributed by atoms with Crippen molar-refractivity contribution < 1.29 is 9.53 Å². The average Bonchev–Trinajstić information content (AvgIpc) is 2.69. The number of guanidine groups is 1. The molecule has 2 rings (SSSR count). The summed E-state index contributed by atoms with van der Waals surface area (Å²) in [4.78, 5) is 16.5. The van der Waals surface area contributed by atoms with Gasteiger partial charge in [0.25, 0.3) is 0 Å². The fourth-order valence-corrected chi connectivity index (χ4v) is 2.56. The second kappa shape index (κ2) is 13.1. The van der Waals surface area contributed by atoms with E-state index >= 15 is 0 Å². The summed E-state index contributed by atoms with van der Waals surface area (Å²) in [6.07, 6.45) is 0. The number of aliphatic imine (C=N–C) groups is 1. The van der Waals surface area contributed by atoms with E-state index in [1.54, 1.807) is 0 Å². The Morgan fingerprint density at radius 1 is 0.967 bits per heavy atom. The Hall–Kier alpha value is -2.29. The highest BCUT2D eigenvalue weighted by Gasteiger charge is 2.13. The molecule has 0 aliphatic rings. The van der Waals surface area contributed by atoms with Crippen LogP contribution >= 0.6 is 24.0 Å². The van der Waals surface area contributed by atoms with E-state index in [0.717, 1.165) is 23.4 Å². The minimum atomic E-state index is -0.250. The molecule has 0 aromatic heterocycles. The number of rotatable bonds is 8. The van der Waals surface area contributed by atoms with Crippen LogP contribution in [0.25, 0.3) is 0 Å². The molecule has 1 amide bonds. The molecule has 0 atom stereocenters. The molecule has 0 saturated carbocycles. The van der Waals surface area contributed by atoms with Crippen molar-refractivity contribution in [2.45, 2.75) is 46.4 Å². The molecule has 0 aliphatic heterocycles. The van der Waals surface area contributed by atoms with E-state index in [9.17, 15) is 4.79 Å². The van der Waals surface area contributed by atoms with Gasteiger partial charge in [0.05, 0.1) is 13.1 Å². The summed E-state index contributed by atoms with van der Waals surface area (Å²) in [7, 11) is 0. The maximum atomic E-state index is 12.0. The van der Waals surface area contributed by atoms with Gasteiger partial charge in [0.2, 0.25) is 5.91 Å². The van der Waals surface area contributed by atoms with E-state index in [2.05, 4.69) is 20.9 Å². The van der Waals surface area contributed by atoms with Crippen LogP contribution in [0.4, 0.5) is 0 Å². The molecule has 0 fully saturated rings. The Morgan fingerprint density at radius 2 is 1.60 bits per heavy atom. The van der Waals surface area contributed by atoms with E-state index in [4.69, 9.17) is 4.74 Å². The summed E-state index contributed by atoms with van der Waals surface area (Å²) in [6, 6.07) is 18.0. The van der Waals surface area contributed by atoms with Gasteiger partial charge in [0.15, 0.2) is 5.96 Å². The van der Waals surface area contributed by atoms with Crippen LogP contribution in [0.3, 0.4) is 0 Å². The molecule has 3 N–H and O–H groups in total. The Kier molecular flexibility index (Phi) is 11.2. The van der Waals surface area contributed by atoms with Gasteiger partial charge in [-0.1, -0.05) is 42.5 Å². The molecule has 0 spiro atoms. The van der Waals surface area contributed by atoms with Gasteiger partial charge in [-0.3, -0.25) is 4.79 Å². The van der Waals surface area contributed by atoms with Crippen LogP contribution < -0.4 is 20.7 Å². The second-order valence-electron chi connectivity index (χ2n) is 7.77. The zero-order valence-corrected chi connectivity index (χ0v) is 20.5. The van der Waals surface area contributed by atoms with Crippen LogP contribution in [0.1, 0.15) is 38.8 Å². The second-order valence-corrected chi connectivity index (χ2v) is 7.77. The van der Waals surface area contributed by atoms with Crippen LogP contribution in [0.5, 0.6) is 5.75 Å². The van der Waals surface area contributed by atoms with Gasteiger partial charge in [-0.05, 0) is 51.0 Å². The smallest absolute Gasteiger partial charge is 0.239 e. The van der Waals surface area contributed by atoms with Crippen molar-refractivity contribution in [3.05, 3.63) is 65.7 Å². The molecular weight excluding hydrogens is 491 g/mol. The lowest BCUT2D eigenvalue weighted by Gasteiger charge is -2.21. The molecule has 0 radical (unpaired) electrons. The number of nitrogens with zero attached hydrogens (tertiary/aromatic N) is 1. The minimum Gasteiger partial charge on any atom is -0.489 e. The van der Waals surface area contributed by atoms with Gasteiger partial charge < -0.3 is 20.7 Å². The first kappa shape index (κ1) is 25.7. The summed E-state index contributed by atoms with van der Waals surface area (Å²) < 4.78 is 5.77. The average molecular weight is 524 g/mol. The van der Waals surface area contributed by atoms with Gasteiger partial charge in [-0.15, -0.1) is 24.0 Å². The molecule has 0 bridgehead atoms. The fraction of sp³-hybridized carbons (Fsp3) is 0.391. The van der Waals surface area contributed by atoms with E-state index in [1.165, 1.54) is 0 Å². The standard InChI is InChI=1S/C23H32N4O2.HI/c1-5-24-22(26-16-21(28)27-23(2,3)4)25-15-18-11-13-19(14-12-18)17-29-20-9-7-6-8-10-20;/h6-14H,5,15-17H2,1-4H3,(H,27,28)(H2,24,25,26);1H. The normalized spacial score (nSPS) is 11.3. The Balaban J connectivity index is 0.00000450. The highest BCUT2D eigenvalue weighted by atomic mass is 127. The van der Waals surface area contributed by atoms with Crippen molar-refractivity contribution in [3.63, 3.8) is 0 Å². The lowest BCUT2D eigenvalue weighted by molar-refractivity contribution is -0.121. The van der Waals surface area contributed by atoms with Gasteiger partial charge in [0.1, 0.15) is 12.4 Å². The number of halogens is 1. The predicted molar refractivity (Wildman–Crippen MR) is 133 cm³/mol. The van der Waals surface area contributed by atoms with Crippen molar-refractivity contribution in [1.29, 1.82) is 0 Å². The number of amides is 1. The summed E-state index contributed by atoms with van der Waals surface area (Å²) in [6.45, 7) is 9.82. The fourth-order valence-electron chi connectivity index (χ4n) is 2.56. The third kappa shape index (κ3) is 10.5. The van der Waals surface area contributed by atoms with Crippen LogP contribution in [0.2, 0.25) is 0 Å². The first-order chi connectivity index (χ1) is 13.9. The number of para-hydroxylation sites is 1. The van der Waals surface area contributed by atoms with Crippen molar-refractivity contribution in [1.82, 2.24) is 16.0 Å². The van der Waals surface area contributed by atoms with Crippen molar-refractivity contribution in [3.8, 4) is 5.75 Å². The summed E-state index contributed by atoms with van der Waals surface area (Å²) in [5, 5.41) is 9.15. The predicted octanol–water partition coefficient (Wildman–Crippen LogP) is 3.85. The Bertz CT molecular complexity index is 787. The van der Waals surface area contributed by atoms with E-state index in [-0.39, 0.29) is 42.0 Å². The molecular formula is C23H33IN4O2. The third-order valence-corrected chi connectivity index (χ3v) is 3.87. The number of hydrogen-bond donors (Lipinski definition) is 3. The van der Waals surface area contributed by atoms with Gasteiger partial charge in [0, 0.05) is 12.1 Å². The first-order valence-corrected chi connectivity index (χ1v) is 9.94. The number of hydrogen-bond acceptors (Lipinski definition) is 3. The van der Waals surface area contributed by atoms with Gasteiger partial charge in [-0.2, -0.15) is 0 Å². The highest BCUT2D eigenvalue weighted by molar-refractivity contribution is 14.0. The number of ether oxygens (including phenoxy) is 1. The van der Waals surface area contributed by atoms with Gasteiger partial charge in [-0.25, -0.2) is 4.99 Å². The molecule has 0 unspecified atom stereocenters. The number of carbonyl (C=O) groups excluding carboxylic acids is 1. The zero-order chi connectivity index (χ0) is 21.1. The van der Waals surface area contributed by atoms with Crippen LogP contribution in [0.15, 0.2) is 59.6 Å². The molecule has 30 heavy (non-hydrogen) atoms. The largest absolute Gasteiger partial charge is 0.489 e. The van der Waals surface area contributed by atoms with Crippen molar-refractivity contribution in [2.24, 2.45) is 4.99 Å². The molecule has 6 nitrogen and oxygen atoms in total. The van der Waals surface area contributed by atoms with Crippen LogP contribution in [-0.4, -0.2) is 30.5 Å². The SMILES string of the molecule is CCNC(=NCc1ccc(COc2ccccc2)cc1)NCC(=O)NC(C)(C)C.I. The molecule has 2 aromatic rings.